The lowest BCUT2D eigenvalue weighted by atomic mass is 10.1. The minimum atomic E-state index is -0.382. The highest BCUT2D eigenvalue weighted by Crippen LogP contribution is 2.16. The summed E-state index contributed by atoms with van der Waals surface area (Å²) in [6, 6.07) is 4.25. The van der Waals surface area contributed by atoms with Crippen molar-refractivity contribution in [1.29, 1.82) is 0 Å². The summed E-state index contributed by atoms with van der Waals surface area (Å²) in [5.74, 6) is -0.376. The summed E-state index contributed by atoms with van der Waals surface area (Å²) in [5, 5.41) is 0.448. The van der Waals surface area contributed by atoms with Gasteiger partial charge in [0.2, 0.25) is 0 Å². The van der Waals surface area contributed by atoms with Crippen molar-refractivity contribution >= 4 is 17.4 Å². The lowest BCUT2D eigenvalue weighted by Crippen LogP contribution is -2.06. The minimum Gasteiger partial charge on any atom is -0.382 e. The number of ether oxygens (including phenoxy) is 1. The van der Waals surface area contributed by atoms with Gasteiger partial charge in [-0.1, -0.05) is 11.6 Å². The van der Waals surface area contributed by atoms with Crippen LogP contribution in [0.15, 0.2) is 18.2 Å². The largest absolute Gasteiger partial charge is 0.382 e. The number of benzene rings is 1. The maximum atomic E-state index is 13.3. The lowest BCUT2D eigenvalue weighted by Gasteiger charge is -2.04. The molecule has 0 saturated heterocycles. The molecule has 4 heteroatoms. The second kappa shape index (κ2) is 7.41. The molecule has 2 nitrogen and oxygen atoms in total. The monoisotopic (exact) mass is 258 g/mol. The third kappa shape index (κ3) is 5.29. The van der Waals surface area contributed by atoms with Crippen molar-refractivity contribution in [1.82, 2.24) is 0 Å². The Balaban J connectivity index is 2.42. The van der Waals surface area contributed by atoms with Gasteiger partial charge in [0.05, 0.1) is 0 Å². The highest BCUT2D eigenvalue weighted by molar-refractivity contribution is 6.30. The molecular formula is C13H16ClFO2. The van der Waals surface area contributed by atoms with Gasteiger partial charge in [-0.2, -0.15) is 0 Å². The summed E-state index contributed by atoms with van der Waals surface area (Å²) in [6.07, 6.45) is 1.18. The van der Waals surface area contributed by atoms with Gasteiger partial charge in [-0.25, -0.2) is 4.39 Å². The van der Waals surface area contributed by atoms with Crippen molar-refractivity contribution in [2.24, 2.45) is 0 Å². The Morgan fingerprint density at radius 1 is 1.47 bits per heavy atom. The Kier molecular flexibility index (Phi) is 6.16. The van der Waals surface area contributed by atoms with Crippen LogP contribution in [0.4, 0.5) is 4.39 Å². The van der Waals surface area contributed by atoms with Crippen LogP contribution in [0, 0.1) is 5.82 Å². The van der Waals surface area contributed by atoms with Gasteiger partial charge in [0.25, 0.3) is 0 Å². The Bertz CT molecular complexity index is 380. The molecule has 0 N–H and O–H groups in total. The molecule has 0 aliphatic carbocycles. The third-order valence-corrected chi connectivity index (χ3v) is 2.58. The molecule has 1 aromatic carbocycles. The topological polar surface area (TPSA) is 26.3 Å². The van der Waals surface area contributed by atoms with Crippen LogP contribution in [-0.2, 0) is 16.0 Å². The van der Waals surface area contributed by atoms with Gasteiger partial charge in [-0.3, -0.25) is 4.79 Å². The normalized spacial score (nSPS) is 10.5. The van der Waals surface area contributed by atoms with Gasteiger partial charge in [-0.15, -0.1) is 0 Å². The van der Waals surface area contributed by atoms with E-state index in [1.165, 1.54) is 18.2 Å². The molecule has 0 amide bonds. The number of Topliss-reactive ketones (excluding diaryl/α,β-unsaturated/α-hetero) is 1. The predicted molar refractivity (Wildman–Crippen MR) is 65.8 cm³/mol. The van der Waals surface area contributed by atoms with E-state index in [0.717, 1.165) is 0 Å². The number of rotatable bonds is 7. The Hall–Kier alpha value is -0.930. The van der Waals surface area contributed by atoms with E-state index in [0.29, 0.717) is 36.6 Å². The van der Waals surface area contributed by atoms with Crippen LogP contribution in [0.2, 0.25) is 5.02 Å². The zero-order chi connectivity index (χ0) is 12.7. The highest BCUT2D eigenvalue weighted by Gasteiger charge is 2.08. The molecule has 0 spiro atoms. The molecule has 0 bridgehead atoms. The number of halogens is 2. The fourth-order valence-electron chi connectivity index (χ4n) is 1.50. The first kappa shape index (κ1) is 14.1. The second-order valence-corrected chi connectivity index (χ2v) is 4.19. The number of carbonyl (C=O) groups excluding carboxylic acids is 1. The van der Waals surface area contributed by atoms with Crippen LogP contribution in [-0.4, -0.2) is 19.0 Å². The SMILES string of the molecule is CCOCCCC(=O)Cc1cc(Cl)ccc1F. The van der Waals surface area contributed by atoms with Gasteiger partial charge >= 0.3 is 0 Å². The fraction of sp³-hybridized carbons (Fsp3) is 0.462. The van der Waals surface area contributed by atoms with Gasteiger partial charge < -0.3 is 4.74 Å². The predicted octanol–water partition coefficient (Wildman–Crippen LogP) is 3.41. The standard InChI is InChI=1S/C13H16ClFO2/c1-2-17-7-3-4-12(16)9-10-8-11(14)5-6-13(10)15/h5-6,8H,2-4,7,9H2,1H3. The van der Waals surface area contributed by atoms with Crippen molar-refractivity contribution in [3.8, 4) is 0 Å². The molecule has 0 unspecified atom stereocenters. The highest BCUT2D eigenvalue weighted by atomic mass is 35.5. The maximum Gasteiger partial charge on any atom is 0.137 e. The Labute approximate surface area is 106 Å². The van der Waals surface area contributed by atoms with Crippen LogP contribution in [0.25, 0.3) is 0 Å². The summed E-state index contributed by atoms with van der Waals surface area (Å²) >= 11 is 5.75. The molecule has 0 aromatic heterocycles. The summed E-state index contributed by atoms with van der Waals surface area (Å²) in [6.45, 7) is 3.13. The van der Waals surface area contributed by atoms with Gasteiger partial charge in [0.15, 0.2) is 0 Å². The van der Waals surface area contributed by atoms with Crippen LogP contribution in [0.3, 0.4) is 0 Å². The molecule has 1 rings (SSSR count). The smallest absolute Gasteiger partial charge is 0.137 e. The summed E-state index contributed by atoms with van der Waals surface area (Å²) in [4.78, 5) is 11.6. The second-order valence-electron chi connectivity index (χ2n) is 3.75. The molecule has 0 radical (unpaired) electrons. The third-order valence-electron chi connectivity index (χ3n) is 2.34. The molecule has 0 fully saturated rings. The van der Waals surface area contributed by atoms with E-state index >= 15 is 0 Å². The summed E-state index contributed by atoms with van der Waals surface area (Å²) < 4.78 is 18.5. The molecule has 94 valence electrons. The average Bonchev–Trinajstić information content (AvgIpc) is 2.29. The van der Waals surface area contributed by atoms with Crippen LogP contribution in [0.1, 0.15) is 25.3 Å². The van der Waals surface area contributed by atoms with Crippen molar-refractivity contribution < 1.29 is 13.9 Å². The number of ketones is 1. The van der Waals surface area contributed by atoms with E-state index in [9.17, 15) is 9.18 Å². The number of carbonyl (C=O) groups is 1. The van der Waals surface area contributed by atoms with Crippen molar-refractivity contribution in [2.45, 2.75) is 26.2 Å². The molecule has 0 heterocycles. The number of hydrogen-bond acceptors (Lipinski definition) is 2. The number of hydrogen-bond donors (Lipinski definition) is 0. The molecular weight excluding hydrogens is 243 g/mol. The first-order chi connectivity index (χ1) is 8.13. The molecule has 0 saturated carbocycles. The van der Waals surface area contributed by atoms with E-state index in [4.69, 9.17) is 16.3 Å². The molecule has 1 aromatic rings. The van der Waals surface area contributed by atoms with Crippen LogP contribution < -0.4 is 0 Å². The van der Waals surface area contributed by atoms with E-state index in [1.54, 1.807) is 0 Å². The van der Waals surface area contributed by atoms with Crippen molar-refractivity contribution in [3.63, 3.8) is 0 Å². The Morgan fingerprint density at radius 2 is 2.24 bits per heavy atom. The van der Waals surface area contributed by atoms with E-state index in [-0.39, 0.29) is 18.0 Å². The van der Waals surface area contributed by atoms with Crippen LogP contribution in [0.5, 0.6) is 0 Å². The summed E-state index contributed by atoms with van der Waals surface area (Å²) in [5.41, 5.74) is 0.360. The van der Waals surface area contributed by atoms with Crippen molar-refractivity contribution in [2.75, 3.05) is 13.2 Å². The van der Waals surface area contributed by atoms with Crippen molar-refractivity contribution in [3.05, 3.63) is 34.6 Å². The zero-order valence-corrected chi connectivity index (χ0v) is 10.6. The van der Waals surface area contributed by atoms with Crippen LogP contribution >= 0.6 is 11.6 Å². The first-order valence-electron chi connectivity index (χ1n) is 5.67. The molecule has 0 aliphatic rings. The Morgan fingerprint density at radius 3 is 2.94 bits per heavy atom. The van der Waals surface area contributed by atoms with E-state index in [2.05, 4.69) is 0 Å². The quantitative estimate of drug-likeness (QED) is 0.701. The zero-order valence-electron chi connectivity index (χ0n) is 9.84. The fourth-order valence-corrected chi connectivity index (χ4v) is 1.69. The molecule has 17 heavy (non-hydrogen) atoms. The van der Waals surface area contributed by atoms with Gasteiger partial charge in [0.1, 0.15) is 11.6 Å². The van der Waals surface area contributed by atoms with Gasteiger partial charge in [0, 0.05) is 31.1 Å². The molecule has 0 aliphatic heterocycles. The van der Waals surface area contributed by atoms with E-state index in [1.807, 2.05) is 6.92 Å². The van der Waals surface area contributed by atoms with Gasteiger partial charge in [-0.05, 0) is 37.1 Å². The molecule has 0 atom stereocenters. The minimum absolute atomic E-state index is 0.00543. The lowest BCUT2D eigenvalue weighted by molar-refractivity contribution is -0.118. The van der Waals surface area contributed by atoms with E-state index < -0.39 is 0 Å². The average molecular weight is 259 g/mol. The maximum absolute atomic E-state index is 13.3. The summed E-state index contributed by atoms with van der Waals surface area (Å²) in [7, 11) is 0. The first-order valence-corrected chi connectivity index (χ1v) is 6.04.